The second kappa shape index (κ2) is 6.45. The summed E-state index contributed by atoms with van der Waals surface area (Å²) in [5.74, 6) is -35.7. The van der Waals surface area contributed by atoms with E-state index in [4.69, 9.17) is 0 Å². The molecule has 1 saturated carbocycles. The van der Waals surface area contributed by atoms with Gasteiger partial charge in [0.05, 0.1) is 6.10 Å². The number of aliphatic hydroxyl groups excluding tert-OH is 1. The van der Waals surface area contributed by atoms with Crippen LogP contribution in [0.1, 0.15) is 43.4 Å². The van der Waals surface area contributed by atoms with Crippen molar-refractivity contribution in [3.05, 3.63) is 35.4 Å². The number of rotatable bonds is 4. The number of benzene rings is 1. The molecule has 0 aliphatic heterocycles. The van der Waals surface area contributed by atoms with E-state index in [-0.39, 0.29) is 5.92 Å². The van der Waals surface area contributed by atoms with E-state index in [1.165, 1.54) is 12.1 Å². The van der Waals surface area contributed by atoms with Crippen molar-refractivity contribution >= 4 is 0 Å². The van der Waals surface area contributed by atoms with Gasteiger partial charge < -0.3 is 5.11 Å². The van der Waals surface area contributed by atoms with Crippen LogP contribution in [0.25, 0.3) is 0 Å². The fourth-order valence-electron chi connectivity index (χ4n) is 3.05. The van der Waals surface area contributed by atoms with Crippen LogP contribution in [-0.2, 0) is 0 Å². The van der Waals surface area contributed by atoms with Gasteiger partial charge in [0.25, 0.3) is 5.67 Å². The molecule has 0 spiro atoms. The van der Waals surface area contributed by atoms with Gasteiger partial charge in [0.15, 0.2) is 0 Å². The molecular weight excluding hydrogens is 429 g/mol. The third-order valence-corrected chi connectivity index (χ3v) is 5.01. The zero-order chi connectivity index (χ0) is 22.8. The lowest BCUT2D eigenvalue weighted by Crippen LogP contribution is -2.83. The predicted octanol–water partition coefficient (Wildman–Crippen LogP) is 6.13. The van der Waals surface area contributed by atoms with Crippen molar-refractivity contribution in [1.82, 2.24) is 0 Å². The lowest BCUT2D eigenvalue weighted by Gasteiger charge is -2.52. The molecular formula is C17H15F11O. The van der Waals surface area contributed by atoms with Crippen LogP contribution >= 0.6 is 0 Å². The number of hydrogen-bond donors (Lipinski definition) is 1. The van der Waals surface area contributed by atoms with Crippen LogP contribution in [0.5, 0.6) is 0 Å². The molecule has 1 atom stereocenters. The van der Waals surface area contributed by atoms with Crippen LogP contribution in [0.15, 0.2) is 24.3 Å². The first-order chi connectivity index (χ1) is 12.8. The fourth-order valence-corrected chi connectivity index (χ4v) is 3.05. The van der Waals surface area contributed by atoms with E-state index in [0.717, 1.165) is 12.1 Å². The van der Waals surface area contributed by atoms with Gasteiger partial charge in [-0.15, -0.1) is 0 Å². The average Bonchev–Trinajstić information content (AvgIpc) is 2.59. The summed E-state index contributed by atoms with van der Waals surface area (Å²) in [6, 6.07) is 4.58. The Morgan fingerprint density at radius 3 is 1.48 bits per heavy atom. The van der Waals surface area contributed by atoms with Gasteiger partial charge in [-0.05, 0) is 17.0 Å². The highest BCUT2D eigenvalue weighted by Gasteiger charge is 3.00. The maximum atomic E-state index is 14.7. The zero-order valence-electron chi connectivity index (χ0n) is 14.8. The van der Waals surface area contributed by atoms with Gasteiger partial charge in [-0.3, -0.25) is 0 Å². The highest BCUT2D eigenvalue weighted by molar-refractivity contribution is 5.31. The van der Waals surface area contributed by atoms with E-state index in [9.17, 15) is 53.4 Å². The first-order valence-corrected chi connectivity index (χ1v) is 8.15. The SMILES string of the molecule is CC(C)c1cccc(C(O)CC2(F)C(F)(F)C(F)(F)C(F)(F)C(F)(F)C2(F)F)c1. The Morgan fingerprint density at radius 1 is 0.690 bits per heavy atom. The van der Waals surface area contributed by atoms with Gasteiger partial charge in [-0.1, -0.05) is 38.1 Å². The molecule has 1 fully saturated rings. The second-order valence-corrected chi connectivity index (χ2v) is 7.22. The van der Waals surface area contributed by atoms with E-state index in [1.54, 1.807) is 13.8 Å². The standard InChI is InChI=1S/C17H15F11O/c1-8(2)9-4-3-5-10(6-9)11(29)7-12(18)13(19,20)15(23,24)17(27,28)16(25,26)14(12,21)22/h3-6,8,11,29H,7H2,1-2H3. The van der Waals surface area contributed by atoms with Crippen molar-refractivity contribution in [1.29, 1.82) is 0 Å². The molecule has 0 amide bonds. The molecule has 166 valence electrons. The summed E-state index contributed by atoms with van der Waals surface area (Å²) in [6.45, 7) is 3.24. The summed E-state index contributed by atoms with van der Waals surface area (Å²) in [4.78, 5) is 0. The Hall–Kier alpha value is -1.59. The van der Waals surface area contributed by atoms with Gasteiger partial charge in [0, 0.05) is 6.42 Å². The lowest BCUT2D eigenvalue weighted by atomic mass is 9.69. The number of aliphatic hydroxyl groups is 1. The third-order valence-electron chi connectivity index (χ3n) is 5.01. The van der Waals surface area contributed by atoms with Crippen molar-refractivity contribution in [2.24, 2.45) is 0 Å². The highest BCUT2D eigenvalue weighted by atomic mass is 19.4. The smallest absolute Gasteiger partial charge is 0.384 e. The molecule has 1 aliphatic carbocycles. The minimum Gasteiger partial charge on any atom is -0.388 e. The topological polar surface area (TPSA) is 20.2 Å². The molecule has 29 heavy (non-hydrogen) atoms. The molecule has 1 nitrogen and oxygen atoms in total. The highest BCUT2D eigenvalue weighted by Crippen LogP contribution is 2.70. The molecule has 1 aromatic carbocycles. The lowest BCUT2D eigenvalue weighted by molar-refractivity contribution is -0.487. The molecule has 1 aromatic rings. The molecule has 0 radical (unpaired) electrons. The average molecular weight is 444 g/mol. The minimum absolute atomic E-state index is 0.258. The normalized spacial score (nSPS) is 26.9. The molecule has 1 unspecified atom stereocenters. The molecule has 0 saturated heterocycles. The van der Waals surface area contributed by atoms with E-state index >= 15 is 0 Å². The van der Waals surface area contributed by atoms with Crippen molar-refractivity contribution in [3.63, 3.8) is 0 Å². The van der Waals surface area contributed by atoms with Gasteiger partial charge in [0.2, 0.25) is 0 Å². The number of hydrogen-bond acceptors (Lipinski definition) is 1. The first-order valence-electron chi connectivity index (χ1n) is 8.15. The molecule has 1 N–H and O–H groups in total. The quantitative estimate of drug-likeness (QED) is 0.554. The van der Waals surface area contributed by atoms with Gasteiger partial charge >= 0.3 is 29.6 Å². The molecule has 0 aromatic heterocycles. The molecule has 12 heteroatoms. The minimum atomic E-state index is -7.26. The van der Waals surface area contributed by atoms with Gasteiger partial charge in [-0.2, -0.15) is 43.9 Å². The van der Waals surface area contributed by atoms with Crippen molar-refractivity contribution < 1.29 is 53.4 Å². The Labute approximate surface area is 157 Å². The van der Waals surface area contributed by atoms with E-state index < -0.39 is 53.4 Å². The van der Waals surface area contributed by atoms with E-state index in [1.807, 2.05) is 0 Å². The summed E-state index contributed by atoms with van der Waals surface area (Å²) >= 11 is 0. The third kappa shape index (κ3) is 2.77. The first kappa shape index (κ1) is 23.7. The molecule has 2 rings (SSSR count). The summed E-state index contributed by atoms with van der Waals surface area (Å²) in [5.41, 5.74) is -6.33. The van der Waals surface area contributed by atoms with Crippen molar-refractivity contribution in [2.75, 3.05) is 0 Å². The van der Waals surface area contributed by atoms with Crippen LogP contribution in [0, 0.1) is 0 Å². The predicted molar refractivity (Wildman–Crippen MR) is 78.7 cm³/mol. The Balaban J connectivity index is 2.61. The maximum absolute atomic E-state index is 14.7. The van der Waals surface area contributed by atoms with E-state index in [0.29, 0.717) is 5.56 Å². The van der Waals surface area contributed by atoms with Crippen LogP contribution in [0.3, 0.4) is 0 Å². The van der Waals surface area contributed by atoms with Gasteiger partial charge in [-0.25, -0.2) is 4.39 Å². The number of alkyl halides is 11. The largest absolute Gasteiger partial charge is 0.388 e. The van der Waals surface area contributed by atoms with Crippen molar-refractivity contribution in [2.45, 2.75) is 67.6 Å². The van der Waals surface area contributed by atoms with Crippen LogP contribution < -0.4 is 0 Å². The van der Waals surface area contributed by atoms with Crippen LogP contribution in [0.4, 0.5) is 48.3 Å². The second-order valence-electron chi connectivity index (χ2n) is 7.22. The summed E-state index contributed by atoms with van der Waals surface area (Å²) in [7, 11) is 0. The molecule has 1 aliphatic rings. The summed E-state index contributed by atoms with van der Waals surface area (Å²) in [6.07, 6.45) is -5.38. The van der Waals surface area contributed by atoms with Crippen LogP contribution in [-0.4, -0.2) is 40.4 Å². The van der Waals surface area contributed by atoms with Crippen molar-refractivity contribution in [3.8, 4) is 0 Å². The Morgan fingerprint density at radius 2 is 1.07 bits per heavy atom. The Bertz CT molecular complexity index is 742. The fraction of sp³-hybridized carbons (Fsp3) is 0.647. The summed E-state index contributed by atoms with van der Waals surface area (Å²) in [5, 5.41) is 9.90. The van der Waals surface area contributed by atoms with Gasteiger partial charge in [0.1, 0.15) is 0 Å². The Kier molecular flexibility index (Phi) is 5.27. The van der Waals surface area contributed by atoms with Crippen LogP contribution in [0.2, 0.25) is 0 Å². The zero-order valence-corrected chi connectivity index (χ0v) is 14.8. The molecule has 0 heterocycles. The maximum Gasteiger partial charge on any atom is 0.384 e. The van der Waals surface area contributed by atoms with E-state index in [2.05, 4.69) is 0 Å². The molecule has 0 bridgehead atoms. The monoisotopic (exact) mass is 444 g/mol. The number of halogens is 11. The summed E-state index contributed by atoms with van der Waals surface area (Å²) < 4.78 is 151.